The summed E-state index contributed by atoms with van der Waals surface area (Å²) >= 11 is 11.5. The maximum Gasteiger partial charge on any atom is 0.155 e. The molecule has 19 heavy (non-hydrogen) atoms. The minimum absolute atomic E-state index is 0.0528. The topological polar surface area (TPSA) is 9.23 Å². The van der Waals surface area contributed by atoms with Crippen molar-refractivity contribution in [1.29, 1.82) is 0 Å². The van der Waals surface area contributed by atoms with Gasteiger partial charge < -0.3 is 4.74 Å². The minimum Gasteiger partial charge on any atom is -0.478 e. The number of halogens is 2. The monoisotopic (exact) mass is 408 g/mol. The van der Waals surface area contributed by atoms with Crippen molar-refractivity contribution in [2.75, 3.05) is 5.33 Å². The van der Waals surface area contributed by atoms with Gasteiger partial charge in [0.15, 0.2) is 5.01 Å². The predicted molar refractivity (Wildman–Crippen MR) is 93.1 cm³/mol. The predicted octanol–water partition coefficient (Wildman–Crippen LogP) is 6.06. The summed E-state index contributed by atoms with van der Waals surface area (Å²) in [5.74, 6) is 1.34. The molecule has 4 heteroatoms. The summed E-state index contributed by atoms with van der Waals surface area (Å²) in [4.78, 5) is 0.886. The van der Waals surface area contributed by atoms with Crippen molar-refractivity contribution in [2.45, 2.75) is 48.9 Å². The molecule has 0 fully saturated rings. The van der Waals surface area contributed by atoms with Gasteiger partial charge in [-0.2, -0.15) is 0 Å². The largest absolute Gasteiger partial charge is 0.478 e. The maximum absolute atomic E-state index is 5.92. The zero-order chi connectivity index (χ0) is 14.1. The molecule has 1 aromatic carbocycles. The van der Waals surface area contributed by atoms with Crippen molar-refractivity contribution in [2.24, 2.45) is 5.92 Å². The van der Waals surface area contributed by atoms with Gasteiger partial charge >= 0.3 is 0 Å². The van der Waals surface area contributed by atoms with E-state index in [9.17, 15) is 0 Å². The molecule has 0 spiro atoms. The lowest BCUT2D eigenvalue weighted by Gasteiger charge is -2.20. The van der Waals surface area contributed by atoms with E-state index in [1.807, 2.05) is 24.3 Å². The standard InChI is InChI=1S/C15H22Br2OS/c1-12(8-4-2-3-7-11-16)15(17)18-13-9-5-6-10-14(13)19/h5-6,9-10,12,15,19H,2-4,7-8,11H2,1H3. The Morgan fingerprint density at radius 2 is 1.84 bits per heavy atom. The molecular formula is C15H22Br2OS. The summed E-state index contributed by atoms with van der Waals surface area (Å²) < 4.78 is 5.92. The van der Waals surface area contributed by atoms with E-state index in [1.165, 1.54) is 32.1 Å². The van der Waals surface area contributed by atoms with Gasteiger partial charge in [-0.25, -0.2) is 0 Å². The van der Waals surface area contributed by atoms with E-state index >= 15 is 0 Å². The average Bonchev–Trinajstić information content (AvgIpc) is 2.41. The van der Waals surface area contributed by atoms with Crippen LogP contribution in [0.5, 0.6) is 5.75 Å². The van der Waals surface area contributed by atoms with Crippen LogP contribution in [0.3, 0.4) is 0 Å². The Kier molecular flexibility index (Phi) is 9.25. The van der Waals surface area contributed by atoms with Crippen molar-refractivity contribution >= 4 is 44.5 Å². The number of ether oxygens (including phenoxy) is 1. The molecule has 0 saturated carbocycles. The molecule has 108 valence electrons. The fraction of sp³-hybridized carbons (Fsp3) is 0.600. The number of unbranched alkanes of at least 4 members (excludes halogenated alkanes) is 3. The first-order valence-electron chi connectivity index (χ1n) is 6.80. The van der Waals surface area contributed by atoms with Crippen molar-refractivity contribution in [1.82, 2.24) is 0 Å². The highest BCUT2D eigenvalue weighted by Crippen LogP contribution is 2.28. The normalized spacial score (nSPS) is 14.1. The maximum atomic E-state index is 5.92. The molecule has 2 atom stereocenters. The van der Waals surface area contributed by atoms with Crippen molar-refractivity contribution in [3.63, 3.8) is 0 Å². The highest BCUT2D eigenvalue weighted by molar-refractivity contribution is 9.09. The summed E-state index contributed by atoms with van der Waals surface area (Å²) in [6, 6.07) is 7.84. The Hall–Kier alpha value is 0.330. The molecule has 2 unspecified atom stereocenters. The van der Waals surface area contributed by atoms with Crippen molar-refractivity contribution < 1.29 is 4.74 Å². The van der Waals surface area contributed by atoms with Crippen LogP contribution in [0.1, 0.15) is 39.0 Å². The Morgan fingerprint density at radius 3 is 2.53 bits per heavy atom. The Bertz CT molecular complexity index is 360. The lowest BCUT2D eigenvalue weighted by Crippen LogP contribution is -2.18. The minimum atomic E-state index is 0.0528. The van der Waals surface area contributed by atoms with E-state index in [-0.39, 0.29) is 5.01 Å². The second-order valence-corrected chi connectivity index (χ2v) is 6.98. The Labute approximate surface area is 139 Å². The zero-order valence-corrected chi connectivity index (χ0v) is 15.4. The molecule has 0 aliphatic rings. The van der Waals surface area contributed by atoms with E-state index < -0.39 is 0 Å². The summed E-state index contributed by atoms with van der Waals surface area (Å²) in [7, 11) is 0. The number of rotatable bonds is 9. The molecule has 0 amide bonds. The van der Waals surface area contributed by atoms with Crippen LogP contribution >= 0.6 is 44.5 Å². The van der Waals surface area contributed by atoms with Crippen LogP contribution in [0, 0.1) is 5.92 Å². The van der Waals surface area contributed by atoms with Gasteiger partial charge in [0.25, 0.3) is 0 Å². The lowest BCUT2D eigenvalue weighted by molar-refractivity contribution is 0.217. The molecule has 0 aliphatic heterocycles. The third-order valence-corrected chi connectivity index (χ3v) is 5.11. The van der Waals surface area contributed by atoms with Crippen LogP contribution in [0.25, 0.3) is 0 Å². The van der Waals surface area contributed by atoms with E-state index in [0.29, 0.717) is 5.92 Å². The van der Waals surface area contributed by atoms with Gasteiger partial charge in [0, 0.05) is 16.1 Å². The molecule has 0 N–H and O–H groups in total. The van der Waals surface area contributed by atoms with Crippen LogP contribution in [0.2, 0.25) is 0 Å². The second kappa shape index (κ2) is 10.1. The van der Waals surface area contributed by atoms with Crippen LogP contribution in [0.15, 0.2) is 29.2 Å². The molecule has 0 heterocycles. The molecular weight excluding hydrogens is 388 g/mol. The van der Waals surface area contributed by atoms with Gasteiger partial charge in [-0.15, -0.1) is 12.6 Å². The molecule has 0 aliphatic carbocycles. The van der Waals surface area contributed by atoms with Gasteiger partial charge in [-0.3, -0.25) is 0 Å². The summed E-state index contributed by atoms with van der Waals surface area (Å²) in [5.41, 5.74) is 0. The number of hydrogen-bond acceptors (Lipinski definition) is 2. The quantitative estimate of drug-likeness (QED) is 0.296. The van der Waals surface area contributed by atoms with Crippen molar-refractivity contribution in [3.05, 3.63) is 24.3 Å². The van der Waals surface area contributed by atoms with Gasteiger partial charge in [-0.05, 0) is 40.9 Å². The smallest absolute Gasteiger partial charge is 0.155 e. The summed E-state index contributed by atoms with van der Waals surface area (Å²) in [5, 5.41) is 1.17. The van der Waals surface area contributed by atoms with Gasteiger partial charge in [0.2, 0.25) is 0 Å². The number of benzene rings is 1. The summed E-state index contributed by atoms with van der Waals surface area (Å²) in [6.45, 7) is 2.23. The van der Waals surface area contributed by atoms with Crippen LogP contribution in [-0.2, 0) is 0 Å². The van der Waals surface area contributed by atoms with E-state index in [1.54, 1.807) is 0 Å². The van der Waals surface area contributed by atoms with E-state index in [0.717, 1.165) is 16.0 Å². The average molecular weight is 410 g/mol. The summed E-state index contributed by atoms with van der Waals surface area (Å²) in [6.07, 6.45) is 6.34. The first-order valence-corrected chi connectivity index (χ1v) is 9.28. The van der Waals surface area contributed by atoms with E-state index in [4.69, 9.17) is 4.74 Å². The van der Waals surface area contributed by atoms with Gasteiger partial charge in [0.1, 0.15) is 5.75 Å². The molecule has 1 aromatic rings. The third kappa shape index (κ3) is 7.05. The molecule has 0 saturated heterocycles. The van der Waals surface area contributed by atoms with E-state index in [2.05, 4.69) is 51.4 Å². The van der Waals surface area contributed by atoms with Crippen LogP contribution in [0.4, 0.5) is 0 Å². The first kappa shape index (κ1) is 17.4. The molecule has 0 radical (unpaired) electrons. The van der Waals surface area contributed by atoms with Gasteiger partial charge in [-0.1, -0.05) is 54.2 Å². The first-order chi connectivity index (χ1) is 9.15. The highest BCUT2D eigenvalue weighted by Gasteiger charge is 2.16. The number of hydrogen-bond donors (Lipinski definition) is 1. The number of thiol groups is 1. The molecule has 1 nitrogen and oxygen atoms in total. The van der Waals surface area contributed by atoms with Crippen LogP contribution < -0.4 is 4.74 Å². The van der Waals surface area contributed by atoms with Gasteiger partial charge in [0.05, 0.1) is 0 Å². The van der Waals surface area contributed by atoms with Crippen molar-refractivity contribution in [3.8, 4) is 5.75 Å². The third-order valence-electron chi connectivity index (χ3n) is 3.10. The SMILES string of the molecule is CC(CCCCCCBr)C(Br)Oc1ccccc1S. The molecule has 0 aromatic heterocycles. The molecule has 0 bridgehead atoms. The lowest BCUT2D eigenvalue weighted by atomic mass is 10.0. The number of para-hydroxylation sites is 1. The Balaban J connectivity index is 2.28. The fourth-order valence-corrected chi connectivity index (χ4v) is 2.92. The fourth-order valence-electron chi connectivity index (χ4n) is 1.84. The Morgan fingerprint density at radius 1 is 1.16 bits per heavy atom. The highest BCUT2D eigenvalue weighted by atomic mass is 79.9. The second-order valence-electron chi connectivity index (χ2n) is 4.81. The number of alkyl halides is 2. The zero-order valence-electron chi connectivity index (χ0n) is 11.3. The van der Waals surface area contributed by atoms with Crippen LogP contribution in [-0.4, -0.2) is 10.3 Å². The molecule has 1 rings (SSSR count).